The van der Waals surface area contributed by atoms with Gasteiger partial charge in [-0.2, -0.15) is 4.31 Å². The van der Waals surface area contributed by atoms with Gasteiger partial charge in [0.2, 0.25) is 16.0 Å². The summed E-state index contributed by atoms with van der Waals surface area (Å²) in [7, 11) is -3.94. The first-order chi connectivity index (χ1) is 20.6. The Labute approximate surface area is 259 Å². The third-order valence-electron chi connectivity index (χ3n) is 6.90. The van der Waals surface area contributed by atoms with Gasteiger partial charge in [0.05, 0.1) is 5.69 Å². The molecule has 2 aliphatic rings. The van der Waals surface area contributed by atoms with Crippen LogP contribution in [0.25, 0.3) is 6.08 Å². The second kappa shape index (κ2) is 13.0. The molecule has 0 aliphatic carbocycles. The number of anilines is 3. The van der Waals surface area contributed by atoms with E-state index in [1.165, 1.54) is 9.21 Å². The van der Waals surface area contributed by atoms with Gasteiger partial charge >= 0.3 is 12.2 Å². The smallest absolute Gasteiger partial charge is 0.410 e. The summed E-state index contributed by atoms with van der Waals surface area (Å²) in [5.41, 5.74) is 0.615. The summed E-state index contributed by atoms with van der Waals surface area (Å²) in [6, 6.07) is 5.01. The number of aromatic nitrogens is 2. The molecule has 1 aromatic carbocycles. The second-order valence-electron chi connectivity index (χ2n) is 12.7. The molecule has 0 atom stereocenters. The minimum absolute atomic E-state index is 0.136. The standard InChI is InChI=1S/C30H43N7O6S/c1-8-22-20-31-26(32-21-22)33-23-9-10-25(24(19-23)34-11-13-35(14-12-34)27(38)42-29(2,3)4)44(40,41)37-17-15-36(16-18-37)28(39)43-30(5,6)7/h8-10,19-21H,1,11-18H2,2-7H3,(H,31,32,33). The molecule has 1 N–H and O–H groups in total. The van der Waals surface area contributed by atoms with Crippen LogP contribution in [-0.4, -0.2) is 108 Å². The lowest BCUT2D eigenvalue weighted by Crippen LogP contribution is -2.52. The van der Waals surface area contributed by atoms with E-state index in [0.717, 1.165) is 5.56 Å². The summed E-state index contributed by atoms with van der Waals surface area (Å²) in [5, 5.41) is 3.15. The lowest BCUT2D eigenvalue weighted by atomic mass is 10.2. The molecule has 1 aromatic heterocycles. The largest absolute Gasteiger partial charge is 0.444 e. The van der Waals surface area contributed by atoms with Crippen LogP contribution in [0.1, 0.15) is 47.1 Å². The van der Waals surface area contributed by atoms with Gasteiger partial charge in [-0.25, -0.2) is 28.0 Å². The van der Waals surface area contributed by atoms with E-state index in [-0.39, 0.29) is 31.1 Å². The first-order valence-corrected chi connectivity index (χ1v) is 16.1. The zero-order chi connectivity index (χ0) is 32.3. The Bertz CT molecular complexity index is 1450. The van der Waals surface area contributed by atoms with Crippen LogP contribution in [0.3, 0.4) is 0 Å². The van der Waals surface area contributed by atoms with Crippen molar-refractivity contribution in [1.82, 2.24) is 24.1 Å². The molecule has 2 saturated heterocycles. The van der Waals surface area contributed by atoms with Gasteiger partial charge in [-0.1, -0.05) is 12.7 Å². The highest BCUT2D eigenvalue weighted by Crippen LogP contribution is 2.33. The lowest BCUT2D eigenvalue weighted by molar-refractivity contribution is 0.0191. The molecule has 0 radical (unpaired) electrons. The normalized spacial score (nSPS) is 16.8. The molecular formula is C30H43N7O6S. The Balaban J connectivity index is 1.57. The minimum atomic E-state index is -3.94. The van der Waals surface area contributed by atoms with Gasteiger partial charge in [0.25, 0.3) is 0 Å². The zero-order valence-electron chi connectivity index (χ0n) is 26.4. The second-order valence-corrected chi connectivity index (χ2v) is 14.6. The molecule has 13 nitrogen and oxygen atoms in total. The summed E-state index contributed by atoms with van der Waals surface area (Å²) in [6.45, 7) is 16.8. The number of hydrogen-bond acceptors (Lipinski definition) is 10. The van der Waals surface area contributed by atoms with Crippen molar-refractivity contribution >= 4 is 45.6 Å². The van der Waals surface area contributed by atoms with Crippen LogP contribution in [0.4, 0.5) is 26.9 Å². The molecule has 2 fully saturated rings. The average Bonchev–Trinajstić information content (AvgIpc) is 2.96. The van der Waals surface area contributed by atoms with E-state index in [4.69, 9.17) is 9.47 Å². The van der Waals surface area contributed by atoms with E-state index >= 15 is 0 Å². The number of sulfonamides is 1. The maximum absolute atomic E-state index is 14.1. The van der Waals surface area contributed by atoms with Gasteiger partial charge in [-0.05, 0) is 59.7 Å². The van der Waals surface area contributed by atoms with E-state index < -0.39 is 33.4 Å². The molecule has 4 rings (SSSR count). The number of nitrogens with one attached hydrogen (secondary N) is 1. The van der Waals surface area contributed by atoms with Gasteiger partial charge in [0.15, 0.2) is 0 Å². The fourth-order valence-electron chi connectivity index (χ4n) is 4.73. The van der Waals surface area contributed by atoms with Gasteiger partial charge in [-0.3, -0.25) is 0 Å². The van der Waals surface area contributed by atoms with Crippen LogP contribution < -0.4 is 10.2 Å². The van der Waals surface area contributed by atoms with E-state index in [1.807, 2.05) is 25.7 Å². The molecule has 2 aromatic rings. The third kappa shape index (κ3) is 8.38. The van der Waals surface area contributed by atoms with Crippen molar-refractivity contribution in [2.45, 2.75) is 57.6 Å². The van der Waals surface area contributed by atoms with Crippen molar-refractivity contribution in [2.75, 3.05) is 62.6 Å². The average molecular weight is 630 g/mol. The number of nitrogens with zero attached hydrogens (tertiary/aromatic N) is 6. The highest BCUT2D eigenvalue weighted by atomic mass is 32.2. The number of carbonyl (C=O) groups is 2. The van der Waals surface area contributed by atoms with E-state index in [1.54, 1.807) is 62.3 Å². The summed E-state index contributed by atoms with van der Waals surface area (Å²) in [6.07, 6.45) is 4.05. The quantitative estimate of drug-likeness (QED) is 0.496. The van der Waals surface area contributed by atoms with Crippen molar-refractivity contribution in [1.29, 1.82) is 0 Å². The van der Waals surface area contributed by atoms with Gasteiger partial charge in [0, 0.05) is 76.0 Å². The van der Waals surface area contributed by atoms with Gasteiger partial charge in [0.1, 0.15) is 16.1 Å². The van der Waals surface area contributed by atoms with Gasteiger partial charge < -0.3 is 29.5 Å². The SMILES string of the molecule is C=Cc1cnc(Nc2ccc(S(=O)(=O)N3CCN(C(=O)OC(C)(C)C)CC3)c(N3CCN(C(=O)OC(C)(C)C)CC3)c2)nc1. The van der Waals surface area contributed by atoms with Crippen molar-refractivity contribution < 1.29 is 27.5 Å². The van der Waals surface area contributed by atoms with Gasteiger partial charge in [-0.15, -0.1) is 0 Å². The molecule has 2 amide bonds. The van der Waals surface area contributed by atoms with Crippen LogP contribution in [0.15, 0.2) is 42.1 Å². The summed E-state index contributed by atoms with van der Waals surface area (Å²) < 4.78 is 40.5. The van der Waals surface area contributed by atoms with Crippen molar-refractivity contribution in [3.8, 4) is 0 Å². The van der Waals surface area contributed by atoms with Crippen LogP contribution in [0.2, 0.25) is 0 Å². The molecule has 44 heavy (non-hydrogen) atoms. The number of piperazine rings is 2. The first kappa shape index (κ1) is 33.0. The van der Waals surface area contributed by atoms with Crippen LogP contribution in [-0.2, 0) is 19.5 Å². The Kier molecular flexibility index (Phi) is 9.74. The number of carbonyl (C=O) groups excluding carboxylic acids is 2. The topological polar surface area (TPSA) is 138 Å². The predicted molar refractivity (Wildman–Crippen MR) is 168 cm³/mol. The number of amides is 2. The molecule has 0 saturated carbocycles. The molecule has 240 valence electrons. The Morgan fingerprint density at radius 3 is 1.82 bits per heavy atom. The van der Waals surface area contributed by atoms with E-state index in [2.05, 4.69) is 21.9 Å². The lowest BCUT2D eigenvalue weighted by Gasteiger charge is -2.38. The summed E-state index contributed by atoms with van der Waals surface area (Å²) >= 11 is 0. The Morgan fingerprint density at radius 2 is 1.34 bits per heavy atom. The zero-order valence-corrected chi connectivity index (χ0v) is 27.2. The van der Waals surface area contributed by atoms with E-state index in [0.29, 0.717) is 43.5 Å². The molecular weight excluding hydrogens is 586 g/mol. The first-order valence-electron chi connectivity index (χ1n) is 14.6. The fourth-order valence-corrected chi connectivity index (χ4v) is 6.34. The molecule has 14 heteroatoms. The molecule has 0 spiro atoms. The highest BCUT2D eigenvalue weighted by Gasteiger charge is 2.35. The van der Waals surface area contributed by atoms with E-state index in [9.17, 15) is 18.0 Å². The Morgan fingerprint density at radius 1 is 0.841 bits per heavy atom. The van der Waals surface area contributed by atoms with Crippen LogP contribution >= 0.6 is 0 Å². The number of benzene rings is 1. The van der Waals surface area contributed by atoms with Crippen LogP contribution in [0.5, 0.6) is 0 Å². The number of hydrogen-bond donors (Lipinski definition) is 1. The number of rotatable bonds is 6. The molecule has 3 heterocycles. The summed E-state index contributed by atoms with van der Waals surface area (Å²) in [4.78, 5) is 39.1. The monoisotopic (exact) mass is 629 g/mol. The number of ether oxygens (including phenoxy) is 2. The molecule has 2 aliphatic heterocycles. The predicted octanol–water partition coefficient (Wildman–Crippen LogP) is 4.16. The molecule has 0 bridgehead atoms. The summed E-state index contributed by atoms with van der Waals surface area (Å²) in [5.74, 6) is 0.352. The van der Waals surface area contributed by atoms with Crippen molar-refractivity contribution in [2.24, 2.45) is 0 Å². The van der Waals surface area contributed by atoms with Crippen molar-refractivity contribution in [3.63, 3.8) is 0 Å². The molecule has 0 unspecified atom stereocenters. The minimum Gasteiger partial charge on any atom is -0.444 e. The van der Waals surface area contributed by atoms with Crippen molar-refractivity contribution in [3.05, 3.63) is 42.7 Å². The fraction of sp³-hybridized carbons (Fsp3) is 0.533. The Hall–Kier alpha value is -3.91. The van der Waals surface area contributed by atoms with Crippen LogP contribution in [0, 0.1) is 0 Å². The maximum Gasteiger partial charge on any atom is 0.410 e. The third-order valence-corrected chi connectivity index (χ3v) is 8.85. The highest BCUT2D eigenvalue weighted by molar-refractivity contribution is 7.89. The maximum atomic E-state index is 14.1.